The Labute approximate surface area is 186 Å². The predicted octanol–water partition coefficient (Wildman–Crippen LogP) is 3.55. The molecule has 1 aliphatic rings. The van der Waals surface area contributed by atoms with E-state index >= 15 is 0 Å². The SMILES string of the molecule is Cc1ccc(S(=O)(=O)N2CCN(C(=O)c3c(-c4ccc(F)cc4)noc3C)CC2)c(C)c1. The maximum atomic E-state index is 13.3. The second kappa shape index (κ2) is 8.48. The molecule has 32 heavy (non-hydrogen) atoms. The fraction of sp³-hybridized carbons (Fsp3) is 0.304. The van der Waals surface area contributed by atoms with E-state index in [0.717, 1.165) is 5.56 Å². The number of benzene rings is 2. The molecule has 1 saturated heterocycles. The van der Waals surface area contributed by atoms with Crippen molar-refractivity contribution in [2.45, 2.75) is 25.7 Å². The number of hydrogen-bond donors (Lipinski definition) is 0. The van der Waals surface area contributed by atoms with Gasteiger partial charge in [-0.25, -0.2) is 12.8 Å². The topological polar surface area (TPSA) is 83.7 Å². The molecule has 0 aliphatic carbocycles. The second-order valence-electron chi connectivity index (χ2n) is 7.93. The van der Waals surface area contributed by atoms with E-state index in [9.17, 15) is 17.6 Å². The number of sulfonamides is 1. The molecular weight excluding hydrogens is 433 g/mol. The van der Waals surface area contributed by atoms with Gasteiger partial charge >= 0.3 is 0 Å². The minimum absolute atomic E-state index is 0.192. The van der Waals surface area contributed by atoms with E-state index in [1.165, 1.54) is 28.6 Å². The number of rotatable bonds is 4. The van der Waals surface area contributed by atoms with Gasteiger partial charge in [-0.05, 0) is 56.7 Å². The molecule has 7 nitrogen and oxygen atoms in total. The summed E-state index contributed by atoms with van der Waals surface area (Å²) in [7, 11) is -3.65. The Morgan fingerprint density at radius 2 is 1.66 bits per heavy atom. The van der Waals surface area contributed by atoms with Crippen molar-refractivity contribution in [3.8, 4) is 11.3 Å². The number of aromatic nitrogens is 1. The average molecular weight is 458 g/mol. The van der Waals surface area contributed by atoms with Crippen LogP contribution in [0.4, 0.5) is 4.39 Å². The van der Waals surface area contributed by atoms with E-state index in [2.05, 4.69) is 5.16 Å². The van der Waals surface area contributed by atoms with Crippen LogP contribution in [0.5, 0.6) is 0 Å². The molecule has 0 spiro atoms. The van der Waals surface area contributed by atoms with E-state index in [-0.39, 0.29) is 42.8 Å². The summed E-state index contributed by atoms with van der Waals surface area (Å²) >= 11 is 0. The number of amides is 1. The molecule has 0 bridgehead atoms. The number of carbonyl (C=O) groups excluding carboxylic acids is 1. The molecule has 0 saturated carbocycles. The van der Waals surface area contributed by atoms with Crippen LogP contribution in [-0.4, -0.2) is 54.9 Å². The Hall–Kier alpha value is -3.04. The van der Waals surface area contributed by atoms with E-state index in [4.69, 9.17) is 4.52 Å². The fourth-order valence-electron chi connectivity index (χ4n) is 3.95. The van der Waals surface area contributed by atoms with Gasteiger partial charge in [-0.2, -0.15) is 4.31 Å². The van der Waals surface area contributed by atoms with E-state index in [1.54, 1.807) is 30.9 Å². The lowest BCUT2D eigenvalue weighted by Gasteiger charge is -2.34. The van der Waals surface area contributed by atoms with Gasteiger partial charge in [0.15, 0.2) is 0 Å². The van der Waals surface area contributed by atoms with Crippen molar-refractivity contribution in [1.82, 2.24) is 14.4 Å². The summed E-state index contributed by atoms with van der Waals surface area (Å²) in [5, 5.41) is 3.99. The molecule has 168 valence electrons. The lowest BCUT2D eigenvalue weighted by atomic mass is 10.0. The number of halogens is 1. The van der Waals surface area contributed by atoms with Gasteiger partial charge < -0.3 is 9.42 Å². The maximum Gasteiger partial charge on any atom is 0.259 e. The minimum atomic E-state index is -3.65. The van der Waals surface area contributed by atoms with Crippen molar-refractivity contribution in [2.75, 3.05) is 26.2 Å². The lowest BCUT2D eigenvalue weighted by Crippen LogP contribution is -2.50. The van der Waals surface area contributed by atoms with E-state index in [0.29, 0.717) is 28.1 Å². The Balaban J connectivity index is 1.52. The van der Waals surface area contributed by atoms with Gasteiger partial charge in [0.25, 0.3) is 5.91 Å². The third kappa shape index (κ3) is 4.05. The first-order chi connectivity index (χ1) is 15.2. The minimum Gasteiger partial charge on any atom is -0.360 e. The molecule has 2 heterocycles. The van der Waals surface area contributed by atoms with Crippen LogP contribution in [0.3, 0.4) is 0 Å². The van der Waals surface area contributed by atoms with Crippen LogP contribution in [-0.2, 0) is 10.0 Å². The summed E-state index contributed by atoms with van der Waals surface area (Å²) in [5.74, 6) is -0.311. The zero-order valence-corrected chi connectivity index (χ0v) is 18.9. The van der Waals surface area contributed by atoms with Crippen molar-refractivity contribution in [1.29, 1.82) is 0 Å². The first-order valence-electron chi connectivity index (χ1n) is 10.3. The molecule has 9 heteroatoms. The molecule has 0 unspecified atom stereocenters. The third-order valence-electron chi connectivity index (χ3n) is 5.67. The molecule has 2 aromatic carbocycles. The molecule has 0 radical (unpaired) electrons. The summed E-state index contributed by atoms with van der Waals surface area (Å²) in [6, 6.07) is 10.9. The molecular formula is C23H24FN3O4S. The van der Waals surface area contributed by atoms with Crippen molar-refractivity contribution in [2.24, 2.45) is 0 Å². The van der Waals surface area contributed by atoms with Crippen LogP contribution >= 0.6 is 0 Å². The third-order valence-corrected chi connectivity index (χ3v) is 7.73. The smallest absolute Gasteiger partial charge is 0.259 e. The summed E-state index contributed by atoms with van der Waals surface area (Å²) in [5.41, 5.74) is 2.92. The van der Waals surface area contributed by atoms with Crippen LogP contribution in [0.25, 0.3) is 11.3 Å². The molecule has 4 rings (SSSR count). The number of aryl methyl sites for hydroxylation is 3. The van der Waals surface area contributed by atoms with Crippen LogP contribution < -0.4 is 0 Å². The predicted molar refractivity (Wildman–Crippen MR) is 117 cm³/mol. The zero-order valence-electron chi connectivity index (χ0n) is 18.1. The summed E-state index contributed by atoms with van der Waals surface area (Å²) < 4.78 is 46.2. The quantitative estimate of drug-likeness (QED) is 0.598. The molecule has 1 aromatic heterocycles. The molecule has 0 atom stereocenters. The number of carbonyl (C=O) groups is 1. The zero-order chi connectivity index (χ0) is 23.0. The van der Waals surface area contributed by atoms with Gasteiger partial charge in [-0.15, -0.1) is 0 Å². The van der Waals surface area contributed by atoms with Gasteiger partial charge in [0.2, 0.25) is 10.0 Å². The number of nitrogens with zero attached hydrogens (tertiary/aromatic N) is 3. The first-order valence-corrected chi connectivity index (χ1v) is 11.7. The van der Waals surface area contributed by atoms with E-state index in [1.807, 2.05) is 13.0 Å². The Morgan fingerprint density at radius 1 is 1.00 bits per heavy atom. The highest BCUT2D eigenvalue weighted by atomic mass is 32.2. The average Bonchev–Trinajstić information content (AvgIpc) is 3.15. The Bertz CT molecular complexity index is 1260. The van der Waals surface area contributed by atoms with Crippen molar-refractivity contribution in [3.63, 3.8) is 0 Å². The lowest BCUT2D eigenvalue weighted by molar-refractivity contribution is 0.0696. The highest BCUT2D eigenvalue weighted by Gasteiger charge is 2.33. The van der Waals surface area contributed by atoms with Crippen LogP contribution in [0.1, 0.15) is 27.2 Å². The highest BCUT2D eigenvalue weighted by Crippen LogP contribution is 2.28. The summed E-state index contributed by atoms with van der Waals surface area (Å²) in [6.45, 7) is 6.22. The molecule has 1 fully saturated rings. The summed E-state index contributed by atoms with van der Waals surface area (Å²) in [6.07, 6.45) is 0. The van der Waals surface area contributed by atoms with Crippen molar-refractivity contribution in [3.05, 3.63) is 70.7 Å². The van der Waals surface area contributed by atoms with Crippen molar-refractivity contribution >= 4 is 15.9 Å². The van der Waals surface area contributed by atoms with Crippen LogP contribution in [0.15, 0.2) is 51.9 Å². The largest absolute Gasteiger partial charge is 0.360 e. The number of hydrogen-bond acceptors (Lipinski definition) is 5. The number of piperazine rings is 1. The van der Waals surface area contributed by atoms with Gasteiger partial charge in [0, 0.05) is 31.7 Å². The van der Waals surface area contributed by atoms with Gasteiger partial charge in [-0.3, -0.25) is 4.79 Å². The van der Waals surface area contributed by atoms with Crippen molar-refractivity contribution < 1.29 is 22.1 Å². The Morgan fingerprint density at radius 3 is 2.28 bits per heavy atom. The Kier molecular flexibility index (Phi) is 5.87. The van der Waals surface area contributed by atoms with Gasteiger partial charge in [0.1, 0.15) is 22.8 Å². The van der Waals surface area contributed by atoms with Crippen LogP contribution in [0.2, 0.25) is 0 Å². The summed E-state index contributed by atoms with van der Waals surface area (Å²) in [4.78, 5) is 15.1. The fourth-order valence-corrected chi connectivity index (χ4v) is 5.57. The standard InChI is InChI=1S/C23H24FN3O4S/c1-15-4-9-20(16(2)14-15)32(29,30)27-12-10-26(11-13-27)23(28)21-17(3)31-25-22(21)18-5-7-19(24)8-6-18/h4-9,14H,10-13H2,1-3H3. The second-order valence-corrected chi connectivity index (χ2v) is 9.84. The highest BCUT2D eigenvalue weighted by molar-refractivity contribution is 7.89. The van der Waals surface area contributed by atoms with Crippen LogP contribution in [0, 0.1) is 26.6 Å². The molecule has 1 aliphatic heterocycles. The molecule has 0 N–H and O–H groups in total. The molecule has 3 aromatic rings. The van der Waals surface area contributed by atoms with Gasteiger partial charge in [0.05, 0.1) is 4.90 Å². The monoisotopic (exact) mass is 457 g/mol. The first kappa shape index (κ1) is 22.2. The normalized spacial score (nSPS) is 15.2. The van der Waals surface area contributed by atoms with Gasteiger partial charge in [-0.1, -0.05) is 22.9 Å². The molecule has 1 amide bonds. The van der Waals surface area contributed by atoms with E-state index < -0.39 is 10.0 Å². The maximum absolute atomic E-state index is 13.3.